The predicted octanol–water partition coefficient (Wildman–Crippen LogP) is 5.37. The summed E-state index contributed by atoms with van der Waals surface area (Å²) >= 11 is 0. The van der Waals surface area contributed by atoms with E-state index in [-0.39, 0.29) is 16.8 Å². The highest BCUT2D eigenvalue weighted by molar-refractivity contribution is 5.77. The van der Waals surface area contributed by atoms with E-state index in [0.717, 1.165) is 31.1 Å². The van der Waals surface area contributed by atoms with Crippen molar-refractivity contribution in [3.63, 3.8) is 0 Å². The van der Waals surface area contributed by atoms with E-state index in [1.165, 1.54) is 25.7 Å². The summed E-state index contributed by atoms with van der Waals surface area (Å²) in [4.78, 5) is 12.5. The van der Waals surface area contributed by atoms with Gasteiger partial charge in [0.15, 0.2) is 0 Å². The van der Waals surface area contributed by atoms with Crippen molar-refractivity contribution in [1.29, 1.82) is 0 Å². The normalized spacial score (nSPS) is 43.4. The maximum atomic E-state index is 12.5. The zero-order valence-corrected chi connectivity index (χ0v) is 15.7. The highest BCUT2D eigenvalue weighted by atomic mass is 16.5. The summed E-state index contributed by atoms with van der Waals surface area (Å²) in [7, 11) is 1.55. The molecule has 0 radical (unpaired) electrons. The van der Waals surface area contributed by atoms with E-state index in [1.54, 1.807) is 12.7 Å². The van der Waals surface area contributed by atoms with Crippen LogP contribution in [0.5, 0.6) is 0 Å². The quantitative estimate of drug-likeness (QED) is 0.505. The SMILES string of the molecule is COC(=O)[C@]1(C)CCC[C@]2(C)[C@H]1CC=C1CC(C(C)C)CC[C@@H]12. The standard InChI is InChI=1S/C21H34O2/c1-14(2)15-7-9-17-16(13-15)8-10-18-20(17,3)11-6-12-21(18,4)19(22)23-5/h8,14-15,17-18H,6-7,9-13H2,1-5H3/t15?,17-,18+,20-,21+/m0/s1. The second-order valence-electron chi connectivity index (χ2n) is 9.17. The number of carbonyl (C=O) groups excluding carboxylic acids is 1. The molecule has 2 nitrogen and oxygen atoms in total. The number of fused-ring (bicyclic) bond motifs is 3. The zero-order chi connectivity index (χ0) is 16.8. The summed E-state index contributed by atoms with van der Waals surface area (Å²) < 4.78 is 5.21. The Balaban J connectivity index is 1.92. The minimum absolute atomic E-state index is 0.0149. The Kier molecular flexibility index (Phi) is 4.40. The molecule has 0 saturated heterocycles. The first-order chi connectivity index (χ1) is 10.8. The first kappa shape index (κ1) is 17.0. The van der Waals surface area contributed by atoms with Crippen molar-refractivity contribution < 1.29 is 9.53 Å². The predicted molar refractivity (Wildman–Crippen MR) is 93.9 cm³/mol. The lowest BCUT2D eigenvalue weighted by molar-refractivity contribution is -0.166. The molecule has 0 bridgehead atoms. The monoisotopic (exact) mass is 318 g/mol. The average Bonchev–Trinajstić information content (AvgIpc) is 2.53. The van der Waals surface area contributed by atoms with Gasteiger partial charge in [-0.1, -0.05) is 38.8 Å². The van der Waals surface area contributed by atoms with Gasteiger partial charge in [-0.3, -0.25) is 4.79 Å². The van der Waals surface area contributed by atoms with Gasteiger partial charge in [-0.2, -0.15) is 0 Å². The largest absolute Gasteiger partial charge is 0.469 e. The van der Waals surface area contributed by atoms with Gasteiger partial charge in [-0.15, -0.1) is 0 Å². The van der Waals surface area contributed by atoms with Crippen molar-refractivity contribution in [1.82, 2.24) is 0 Å². The number of allylic oxidation sites excluding steroid dienone is 2. The fraction of sp³-hybridized carbons (Fsp3) is 0.857. The van der Waals surface area contributed by atoms with Crippen LogP contribution >= 0.6 is 0 Å². The molecule has 0 aromatic heterocycles. The first-order valence-electron chi connectivity index (χ1n) is 9.60. The molecular formula is C21H34O2. The molecule has 3 rings (SSSR count). The van der Waals surface area contributed by atoms with Crippen LogP contribution in [0.1, 0.15) is 72.6 Å². The third-order valence-electron chi connectivity index (χ3n) is 7.75. The molecule has 2 fully saturated rings. The van der Waals surface area contributed by atoms with E-state index in [9.17, 15) is 4.79 Å². The number of methoxy groups -OCH3 is 1. The van der Waals surface area contributed by atoms with E-state index < -0.39 is 0 Å². The highest BCUT2D eigenvalue weighted by Gasteiger charge is 2.57. The maximum absolute atomic E-state index is 12.5. The molecule has 0 spiro atoms. The van der Waals surface area contributed by atoms with Crippen molar-refractivity contribution in [2.75, 3.05) is 7.11 Å². The molecule has 0 heterocycles. The molecule has 1 unspecified atom stereocenters. The number of carbonyl (C=O) groups is 1. The van der Waals surface area contributed by atoms with Crippen LogP contribution in [0.4, 0.5) is 0 Å². The highest BCUT2D eigenvalue weighted by Crippen LogP contribution is 2.63. The lowest BCUT2D eigenvalue weighted by Crippen LogP contribution is -2.53. The van der Waals surface area contributed by atoms with Gasteiger partial charge in [0.25, 0.3) is 0 Å². The molecular weight excluding hydrogens is 284 g/mol. The summed E-state index contributed by atoms with van der Waals surface area (Å²) in [5.41, 5.74) is 1.70. The summed E-state index contributed by atoms with van der Waals surface area (Å²) in [6.45, 7) is 9.38. The van der Waals surface area contributed by atoms with Crippen molar-refractivity contribution in [2.24, 2.45) is 34.5 Å². The van der Waals surface area contributed by atoms with Crippen molar-refractivity contribution in [3.8, 4) is 0 Å². The Morgan fingerprint density at radius 1 is 1.26 bits per heavy atom. The molecule has 0 aromatic rings. The lowest BCUT2D eigenvalue weighted by atomic mass is 9.46. The number of rotatable bonds is 2. The Labute approximate surface area is 142 Å². The molecule has 0 amide bonds. The fourth-order valence-corrected chi connectivity index (χ4v) is 6.27. The van der Waals surface area contributed by atoms with Gasteiger partial charge in [0, 0.05) is 0 Å². The summed E-state index contributed by atoms with van der Waals surface area (Å²) in [6.07, 6.45) is 11.0. The molecule has 23 heavy (non-hydrogen) atoms. The molecule has 0 aliphatic heterocycles. The Hall–Kier alpha value is -0.790. The van der Waals surface area contributed by atoms with Crippen LogP contribution in [0.25, 0.3) is 0 Å². The third-order valence-corrected chi connectivity index (χ3v) is 7.75. The molecule has 2 heteroatoms. The van der Waals surface area contributed by atoms with Crippen molar-refractivity contribution in [2.45, 2.75) is 72.6 Å². The van der Waals surface area contributed by atoms with Crippen molar-refractivity contribution in [3.05, 3.63) is 11.6 Å². The molecule has 0 N–H and O–H groups in total. The number of esters is 1. The fourth-order valence-electron chi connectivity index (χ4n) is 6.27. The maximum Gasteiger partial charge on any atom is 0.311 e. The van der Waals surface area contributed by atoms with Crippen LogP contribution in [0.3, 0.4) is 0 Å². The van der Waals surface area contributed by atoms with Gasteiger partial charge < -0.3 is 4.74 Å². The van der Waals surface area contributed by atoms with E-state index in [0.29, 0.717) is 11.8 Å². The van der Waals surface area contributed by atoms with Crippen LogP contribution in [0.2, 0.25) is 0 Å². The minimum Gasteiger partial charge on any atom is -0.469 e. The molecule has 5 atom stereocenters. The summed E-state index contributed by atoms with van der Waals surface area (Å²) in [6, 6.07) is 0. The van der Waals surface area contributed by atoms with E-state index in [4.69, 9.17) is 4.74 Å². The van der Waals surface area contributed by atoms with E-state index in [1.807, 2.05) is 0 Å². The topological polar surface area (TPSA) is 26.3 Å². The Morgan fingerprint density at radius 2 is 2.00 bits per heavy atom. The number of hydrogen-bond acceptors (Lipinski definition) is 2. The van der Waals surface area contributed by atoms with Crippen LogP contribution in [0.15, 0.2) is 11.6 Å². The molecule has 3 aliphatic rings. The molecule has 130 valence electrons. The van der Waals surface area contributed by atoms with Crippen LogP contribution in [-0.2, 0) is 9.53 Å². The van der Waals surface area contributed by atoms with Crippen LogP contribution in [-0.4, -0.2) is 13.1 Å². The van der Waals surface area contributed by atoms with Crippen LogP contribution < -0.4 is 0 Å². The van der Waals surface area contributed by atoms with E-state index >= 15 is 0 Å². The number of hydrogen-bond donors (Lipinski definition) is 0. The minimum atomic E-state index is -0.293. The number of ether oxygens (including phenoxy) is 1. The second kappa shape index (κ2) is 5.93. The van der Waals surface area contributed by atoms with Gasteiger partial charge in [-0.05, 0) is 74.5 Å². The zero-order valence-electron chi connectivity index (χ0n) is 15.7. The van der Waals surface area contributed by atoms with Crippen LogP contribution in [0, 0.1) is 34.5 Å². The second-order valence-corrected chi connectivity index (χ2v) is 9.17. The molecule has 0 aromatic carbocycles. The Bertz CT molecular complexity index is 506. The van der Waals surface area contributed by atoms with E-state index in [2.05, 4.69) is 33.8 Å². The van der Waals surface area contributed by atoms with Gasteiger partial charge in [0.2, 0.25) is 0 Å². The van der Waals surface area contributed by atoms with Crippen molar-refractivity contribution >= 4 is 5.97 Å². The van der Waals surface area contributed by atoms with Gasteiger partial charge in [0.1, 0.15) is 0 Å². The van der Waals surface area contributed by atoms with Gasteiger partial charge in [0.05, 0.1) is 12.5 Å². The average molecular weight is 319 g/mol. The van der Waals surface area contributed by atoms with Gasteiger partial charge in [-0.25, -0.2) is 0 Å². The summed E-state index contributed by atoms with van der Waals surface area (Å²) in [5, 5.41) is 0. The lowest BCUT2D eigenvalue weighted by Gasteiger charge is -2.58. The molecule has 3 aliphatic carbocycles. The van der Waals surface area contributed by atoms with Gasteiger partial charge >= 0.3 is 5.97 Å². The first-order valence-corrected chi connectivity index (χ1v) is 9.60. The molecule has 2 saturated carbocycles. The Morgan fingerprint density at radius 3 is 2.65 bits per heavy atom. The third kappa shape index (κ3) is 2.57. The summed E-state index contributed by atoms with van der Waals surface area (Å²) in [5.74, 6) is 2.80. The smallest absolute Gasteiger partial charge is 0.311 e.